The summed E-state index contributed by atoms with van der Waals surface area (Å²) in [4.78, 5) is 12.1. The van der Waals surface area contributed by atoms with E-state index in [1.54, 1.807) is 29.5 Å². The van der Waals surface area contributed by atoms with Crippen LogP contribution >= 0.6 is 34.5 Å². The third kappa shape index (κ3) is 3.16. The normalized spacial score (nSPS) is 10.3. The maximum atomic E-state index is 11.0. The fraction of sp³-hybridized carbons (Fsp3) is 0.0833. The maximum Gasteiger partial charge on any atom is 0.250 e. The van der Waals surface area contributed by atoms with E-state index < -0.39 is 5.91 Å². The highest BCUT2D eigenvalue weighted by Crippen LogP contribution is 2.23. The standard InChI is InChI=1S/C12H10Cl2N2OS/c13-7-3-9(18-6-7)5-16-8-1-2-10(12(15)17)11(14)4-8/h1-4,6,16H,5H2,(H2,15,17). The van der Waals surface area contributed by atoms with Gasteiger partial charge in [-0.3, -0.25) is 4.79 Å². The van der Waals surface area contributed by atoms with E-state index >= 15 is 0 Å². The molecule has 6 heteroatoms. The summed E-state index contributed by atoms with van der Waals surface area (Å²) in [5.41, 5.74) is 6.32. The van der Waals surface area contributed by atoms with Gasteiger partial charge in [0.05, 0.1) is 15.6 Å². The Morgan fingerprint density at radius 3 is 2.67 bits per heavy atom. The average Bonchev–Trinajstić information content (AvgIpc) is 2.72. The van der Waals surface area contributed by atoms with E-state index in [4.69, 9.17) is 28.9 Å². The number of rotatable bonds is 4. The van der Waals surface area contributed by atoms with E-state index in [9.17, 15) is 4.79 Å². The molecule has 1 amide bonds. The molecule has 0 saturated heterocycles. The molecule has 0 fully saturated rings. The van der Waals surface area contributed by atoms with Crippen molar-refractivity contribution in [2.24, 2.45) is 5.73 Å². The zero-order chi connectivity index (χ0) is 13.1. The summed E-state index contributed by atoms with van der Waals surface area (Å²) in [6, 6.07) is 6.95. The first kappa shape index (κ1) is 13.2. The predicted octanol–water partition coefficient (Wildman–Crippen LogP) is 3.77. The first-order valence-electron chi connectivity index (χ1n) is 5.12. The van der Waals surface area contributed by atoms with Gasteiger partial charge in [0.2, 0.25) is 5.91 Å². The Balaban J connectivity index is 2.06. The molecular weight excluding hydrogens is 291 g/mol. The molecular formula is C12H10Cl2N2OS. The average molecular weight is 301 g/mol. The van der Waals surface area contributed by atoms with Crippen LogP contribution in [-0.4, -0.2) is 5.91 Å². The molecule has 0 aliphatic heterocycles. The second-order valence-electron chi connectivity index (χ2n) is 3.64. The highest BCUT2D eigenvalue weighted by Gasteiger charge is 2.07. The molecule has 1 aromatic heterocycles. The number of carbonyl (C=O) groups excluding carboxylic acids is 1. The van der Waals surface area contributed by atoms with E-state index in [0.29, 0.717) is 17.1 Å². The summed E-state index contributed by atoms with van der Waals surface area (Å²) in [5, 5.41) is 6.15. The van der Waals surface area contributed by atoms with Crippen molar-refractivity contribution in [3.05, 3.63) is 50.1 Å². The molecule has 2 rings (SSSR count). The third-order valence-corrected chi connectivity index (χ3v) is 3.92. The largest absolute Gasteiger partial charge is 0.380 e. The first-order chi connectivity index (χ1) is 8.56. The van der Waals surface area contributed by atoms with Gasteiger partial charge in [0.25, 0.3) is 0 Å². The van der Waals surface area contributed by atoms with Crippen molar-refractivity contribution in [1.29, 1.82) is 0 Å². The van der Waals surface area contributed by atoms with Gasteiger partial charge in [-0.05, 0) is 24.3 Å². The van der Waals surface area contributed by atoms with Crippen molar-refractivity contribution in [2.45, 2.75) is 6.54 Å². The van der Waals surface area contributed by atoms with Gasteiger partial charge < -0.3 is 11.1 Å². The molecule has 0 radical (unpaired) electrons. The van der Waals surface area contributed by atoms with Crippen LogP contribution in [0.1, 0.15) is 15.2 Å². The summed E-state index contributed by atoms with van der Waals surface area (Å²) < 4.78 is 0. The highest BCUT2D eigenvalue weighted by atomic mass is 35.5. The Hall–Kier alpha value is -1.23. The van der Waals surface area contributed by atoms with Gasteiger partial charge in [0, 0.05) is 22.5 Å². The number of amides is 1. The Bertz CT molecular complexity index is 583. The van der Waals surface area contributed by atoms with Gasteiger partial charge in [-0.15, -0.1) is 11.3 Å². The van der Waals surface area contributed by atoms with Crippen LogP contribution in [0, 0.1) is 0 Å². The fourth-order valence-corrected chi connectivity index (χ4v) is 2.75. The number of hydrogen-bond acceptors (Lipinski definition) is 3. The molecule has 2 aromatic rings. The van der Waals surface area contributed by atoms with Gasteiger partial charge in [0.1, 0.15) is 0 Å². The lowest BCUT2D eigenvalue weighted by Gasteiger charge is -2.07. The zero-order valence-corrected chi connectivity index (χ0v) is 11.6. The van der Waals surface area contributed by atoms with Crippen LogP contribution in [0.15, 0.2) is 29.6 Å². The van der Waals surface area contributed by atoms with Crippen LogP contribution in [0.5, 0.6) is 0 Å². The van der Waals surface area contributed by atoms with Gasteiger partial charge in [0.15, 0.2) is 0 Å². The van der Waals surface area contributed by atoms with Crippen LogP contribution in [0.25, 0.3) is 0 Å². The number of halogens is 2. The van der Waals surface area contributed by atoms with Crippen LogP contribution in [0.3, 0.4) is 0 Å². The van der Waals surface area contributed by atoms with Crippen molar-refractivity contribution < 1.29 is 4.79 Å². The summed E-state index contributed by atoms with van der Waals surface area (Å²) in [6.07, 6.45) is 0. The molecule has 18 heavy (non-hydrogen) atoms. The lowest BCUT2D eigenvalue weighted by atomic mass is 10.2. The predicted molar refractivity (Wildman–Crippen MR) is 76.6 cm³/mol. The number of anilines is 1. The molecule has 0 saturated carbocycles. The zero-order valence-electron chi connectivity index (χ0n) is 9.24. The monoisotopic (exact) mass is 300 g/mol. The first-order valence-corrected chi connectivity index (χ1v) is 6.76. The minimum atomic E-state index is -0.531. The van der Waals surface area contributed by atoms with E-state index in [1.807, 2.05) is 11.4 Å². The minimum Gasteiger partial charge on any atom is -0.380 e. The second-order valence-corrected chi connectivity index (χ2v) is 5.48. The summed E-state index contributed by atoms with van der Waals surface area (Å²) in [5.74, 6) is -0.531. The number of nitrogens with one attached hydrogen (secondary N) is 1. The molecule has 1 heterocycles. The number of primary amides is 1. The van der Waals surface area contributed by atoms with Crippen molar-refractivity contribution >= 4 is 46.1 Å². The van der Waals surface area contributed by atoms with Gasteiger partial charge in [-0.1, -0.05) is 23.2 Å². The molecule has 94 valence electrons. The van der Waals surface area contributed by atoms with Crippen molar-refractivity contribution in [1.82, 2.24) is 0 Å². The van der Waals surface area contributed by atoms with Crippen LogP contribution in [-0.2, 0) is 6.54 Å². The molecule has 0 spiro atoms. The van der Waals surface area contributed by atoms with Crippen LogP contribution in [0.4, 0.5) is 5.69 Å². The van der Waals surface area contributed by atoms with Gasteiger partial charge in [-0.25, -0.2) is 0 Å². The Morgan fingerprint density at radius 1 is 1.33 bits per heavy atom. The van der Waals surface area contributed by atoms with Crippen LogP contribution < -0.4 is 11.1 Å². The summed E-state index contributed by atoms with van der Waals surface area (Å²) >= 11 is 13.4. The quantitative estimate of drug-likeness (QED) is 0.903. The number of hydrogen-bond donors (Lipinski definition) is 2. The SMILES string of the molecule is NC(=O)c1ccc(NCc2cc(Cl)cs2)cc1Cl. The Labute approximate surface area is 119 Å². The van der Waals surface area contributed by atoms with E-state index in [-0.39, 0.29) is 0 Å². The number of nitrogens with two attached hydrogens (primary N) is 1. The van der Waals surface area contributed by atoms with Crippen molar-refractivity contribution in [3.63, 3.8) is 0 Å². The Kier molecular flexibility index (Phi) is 4.11. The lowest BCUT2D eigenvalue weighted by Crippen LogP contribution is -2.11. The number of carbonyl (C=O) groups is 1. The molecule has 0 atom stereocenters. The van der Waals surface area contributed by atoms with Gasteiger partial charge >= 0.3 is 0 Å². The topological polar surface area (TPSA) is 55.1 Å². The second kappa shape index (κ2) is 5.61. The molecule has 0 bridgehead atoms. The smallest absolute Gasteiger partial charge is 0.250 e. The van der Waals surface area contributed by atoms with Crippen LogP contribution in [0.2, 0.25) is 10.0 Å². The van der Waals surface area contributed by atoms with Crippen molar-refractivity contribution in [3.8, 4) is 0 Å². The Morgan fingerprint density at radius 2 is 2.11 bits per heavy atom. The molecule has 0 aliphatic carbocycles. The van der Waals surface area contributed by atoms with Crippen molar-refractivity contribution in [2.75, 3.05) is 5.32 Å². The summed E-state index contributed by atoms with van der Waals surface area (Å²) in [6.45, 7) is 0.656. The highest BCUT2D eigenvalue weighted by molar-refractivity contribution is 7.10. The molecule has 3 nitrogen and oxygen atoms in total. The van der Waals surface area contributed by atoms with E-state index in [1.165, 1.54) is 0 Å². The van der Waals surface area contributed by atoms with Gasteiger partial charge in [-0.2, -0.15) is 0 Å². The lowest BCUT2D eigenvalue weighted by molar-refractivity contribution is 0.100. The molecule has 0 unspecified atom stereocenters. The number of benzene rings is 1. The molecule has 1 aromatic carbocycles. The molecule has 3 N–H and O–H groups in total. The summed E-state index contributed by atoms with van der Waals surface area (Å²) in [7, 11) is 0. The van der Waals surface area contributed by atoms with E-state index in [0.717, 1.165) is 15.6 Å². The van der Waals surface area contributed by atoms with E-state index in [2.05, 4.69) is 5.32 Å². The minimum absolute atomic E-state index is 0.321. The maximum absolute atomic E-state index is 11.0. The fourth-order valence-electron chi connectivity index (χ4n) is 1.46. The number of thiophene rings is 1. The third-order valence-electron chi connectivity index (χ3n) is 2.32. The molecule has 0 aliphatic rings.